The van der Waals surface area contributed by atoms with Gasteiger partial charge in [0.15, 0.2) is 0 Å². The maximum Gasteiger partial charge on any atom is 0.105 e. The Morgan fingerprint density at radius 3 is 2.33 bits per heavy atom. The fraction of sp³-hybridized carbons (Fsp3) is 0.700. The van der Waals surface area contributed by atoms with Gasteiger partial charge in [-0.15, -0.1) is 0 Å². The van der Waals surface area contributed by atoms with E-state index in [1.54, 1.807) is 0 Å². The van der Waals surface area contributed by atoms with Crippen molar-refractivity contribution in [1.29, 1.82) is 0 Å². The number of rotatable bonds is 3. The molecule has 0 N–H and O–H groups in total. The van der Waals surface area contributed by atoms with Crippen LogP contribution in [-0.4, -0.2) is 49.3 Å². The first-order valence-corrected chi connectivity index (χ1v) is 10.5. The molecule has 2 aliphatic heterocycles. The lowest BCUT2D eigenvalue weighted by atomic mass is 9.79. The molecule has 0 spiro atoms. The highest BCUT2D eigenvalue weighted by Gasteiger charge is 2.28. The topological polar surface area (TPSA) is 6.48 Å². The first kappa shape index (κ1) is 18.3. The molecule has 0 aromatic heterocycles. The second kappa shape index (κ2) is 8.29. The summed E-state index contributed by atoms with van der Waals surface area (Å²) in [5.41, 5.74) is 4.37. The molecule has 2 fully saturated rings. The molecule has 1 aliphatic carbocycles. The summed E-state index contributed by atoms with van der Waals surface area (Å²) in [6.45, 7) is 11.9. The van der Waals surface area contributed by atoms with Crippen LogP contribution < -0.4 is 0 Å². The lowest BCUT2D eigenvalue weighted by molar-refractivity contribution is 0.121. The van der Waals surface area contributed by atoms with Gasteiger partial charge in [-0.2, -0.15) is 0 Å². The Labute approximate surface area is 154 Å². The van der Waals surface area contributed by atoms with Gasteiger partial charge in [-0.25, -0.2) is 4.31 Å². The normalized spacial score (nSPS) is 26.3. The predicted octanol–water partition coefficient (Wildman–Crippen LogP) is 4.19. The molecule has 2 saturated heterocycles. The quantitative estimate of drug-likeness (QED) is 0.560. The standard InChI is InChI=1S/C20H33BN2S/c1-15-4-5-16(2)20(17(3)14-15)24-23-12-8-19(9-13-23)22-10-6-18(21)7-11-22/h5,14,18-19H,4,6-13,21H2,1-3H3. The van der Waals surface area contributed by atoms with Gasteiger partial charge < -0.3 is 4.90 Å². The number of allylic oxidation sites excluding steroid dienone is 5. The maximum absolute atomic E-state index is 2.77. The van der Waals surface area contributed by atoms with E-state index in [1.807, 2.05) is 11.9 Å². The molecular formula is C20H33BN2S. The molecule has 3 aliphatic rings. The van der Waals surface area contributed by atoms with Gasteiger partial charge in [0.25, 0.3) is 0 Å². The van der Waals surface area contributed by atoms with E-state index in [-0.39, 0.29) is 0 Å². The minimum absolute atomic E-state index is 0.831. The second-order valence-corrected chi connectivity index (χ2v) is 9.17. The Bertz CT molecular complexity index is 536. The smallest absolute Gasteiger partial charge is 0.105 e. The van der Waals surface area contributed by atoms with Crippen LogP contribution >= 0.6 is 11.9 Å². The Morgan fingerprint density at radius 1 is 1.00 bits per heavy atom. The number of hydrogen-bond donors (Lipinski definition) is 0. The van der Waals surface area contributed by atoms with Crippen molar-refractivity contribution in [2.75, 3.05) is 26.2 Å². The van der Waals surface area contributed by atoms with Crippen molar-refractivity contribution >= 4 is 19.8 Å². The van der Waals surface area contributed by atoms with Crippen molar-refractivity contribution in [2.24, 2.45) is 0 Å². The largest absolute Gasteiger partial charge is 0.300 e. The SMILES string of the molecule is BC1CCN(C2CCN(SC3=C(C)C=C(C)CC=C3C)CC2)CC1. The molecule has 3 rings (SSSR count). The maximum atomic E-state index is 2.77. The molecule has 0 aromatic rings. The van der Waals surface area contributed by atoms with Crippen molar-refractivity contribution in [3.05, 3.63) is 33.8 Å². The van der Waals surface area contributed by atoms with Gasteiger partial charge in [-0.3, -0.25) is 0 Å². The van der Waals surface area contributed by atoms with Crippen LogP contribution in [0.1, 0.15) is 52.9 Å². The van der Waals surface area contributed by atoms with Gasteiger partial charge in [-0.05, 0) is 89.1 Å². The Hall–Kier alpha value is -0.445. The average molecular weight is 344 g/mol. The summed E-state index contributed by atoms with van der Waals surface area (Å²) < 4.78 is 2.60. The van der Waals surface area contributed by atoms with Crippen LogP contribution in [0.4, 0.5) is 0 Å². The van der Waals surface area contributed by atoms with Gasteiger partial charge in [0.1, 0.15) is 7.85 Å². The highest BCUT2D eigenvalue weighted by Crippen LogP contribution is 2.36. The lowest BCUT2D eigenvalue weighted by Gasteiger charge is -2.41. The van der Waals surface area contributed by atoms with Crippen LogP contribution in [0.25, 0.3) is 0 Å². The van der Waals surface area contributed by atoms with E-state index in [0.717, 1.165) is 18.3 Å². The van der Waals surface area contributed by atoms with E-state index < -0.39 is 0 Å². The molecular weight excluding hydrogens is 311 g/mol. The predicted molar refractivity (Wildman–Crippen MR) is 110 cm³/mol. The van der Waals surface area contributed by atoms with Crippen LogP contribution in [-0.2, 0) is 0 Å². The molecule has 2 heterocycles. The summed E-state index contributed by atoms with van der Waals surface area (Å²) in [5.74, 6) is 0.938. The van der Waals surface area contributed by atoms with Gasteiger partial charge in [-0.1, -0.05) is 23.5 Å². The van der Waals surface area contributed by atoms with Crippen LogP contribution in [0.3, 0.4) is 0 Å². The summed E-state index contributed by atoms with van der Waals surface area (Å²) in [6, 6.07) is 0.831. The number of piperidine rings is 2. The molecule has 0 saturated carbocycles. The third kappa shape index (κ3) is 4.59. The van der Waals surface area contributed by atoms with E-state index in [9.17, 15) is 0 Å². The number of nitrogens with zero attached hydrogens (tertiary/aromatic N) is 2. The zero-order valence-corrected chi connectivity index (χ0v) is 16.8. The van der Waals surface area contributed by atoms with Gasteiger partial charge in [0, 0.05) is 24.0 Å². The molecule has 0 bridgehead atoms. The fourth-order valence-electron chi connectivity index (χ4n) is 4.18. The summed E-state index contributed by atoms with van der Waals surface area (Å²) in [6.07, 6.45) is 11.3. The van der Waals surface area contributed by atoms with E-state index >= 15 is 0 Å². The van der Waals surface area contributed by atoms with Crippen LogP contribution in [0.2, 0.25) is 5.82 Å². The molecule has 2 nitrogen and oxygen atoms in total. The van der Waals surface area contributed by atoms with Crippen molar-refractivity contribution in [1.82, 2.24) is 9.21 Å². The van der Waals surface area contributed by atoms with Gasteiger partial charge in [0.2, 0.25) is 0 Å². The molecule has 0 aromatic carbocycles. The Kier molecular flexibility index (Phi) is 6.34. The number of likely N-dealkylation sites (tertiary alicyclic amines) is 1. The van der Waals surface area contributed by atoms with Gasteiger partial charge in [0.05, 0.1) is 0 Å². The molecule has 0 unspecified atom stereocenters. The van der Waals surface area contributed by atoms with Crippen LogP contribution in [0.15, 0.2) is 33.8 Å². The zero-order chi connectivity index (χ0) is 17.1. The molecule has 0 radical (unpaired) electrons. The van der Waals surface area contributed by atoms with Crippen molar-refractivity contribution in [3.8, 4) is 0 Å². The molecule has 132 valence electrons. The van der Waals surface area contributed by atoms with Crippen molar-refractivity contribution in [3.63, 3.8) is 0 Å². The van der Waals surface area contributed by atoms with Crippen molar-refractivity contribution in [2.45, 2.75) is 64.7 Å². The number of hydrogen-bond acceptors (Lipinski definition) is 3. The Balaban J connectivity index is 1.54. The Morgan fingerprint density at radius 2 is 1.67 bits per heavy atom. The molecule has 24 heavy (non-hydrogen) atoms. The minimum Gasteiger partial charge on any atom is -0.300 e. The molecule has 0 amide bonds. The van der Waals surface area contributed by atoms with E-state index in [4.69, 9.17) is 0 Å². The fourth-order valence-corrected chi connectivity index (χ4v) is 5.26. The van der Waals surface area contributed by atoms with E-state index in [2.05, 4.69) is 50.0 Å². The lowest BCUT2D eigenvalue weighted by Crippen LogP contribution is -2.45. The second-order valence-electron chi connectivity index (χ2n) is 8.06. The minimum atomic E-state index is 0.831. The summed E-state index contributed by atoms with van der Waals surface area (Å²) >= 11 is 2.00. The first-order chi connectivity index (χ1) is 11.5. The van der Waals surface area contributed by atoms with E-state index in [1.165, 1.54) is 73.5 Å². The van der Waals surface area contributed by atoms with Crippen LogP contribution in [0, 0.1) is 0 Å². The van der Waals surface area contributed by atoms with E-state index in [0.29, 0.717) is 0 Å². The summed E-state index contributed by atoms with van der Waals surface area (Å²) in [5, 5.41) is 0. The summed E-state index contributed by atoms with van der Waals surface area (Å²) in [7, 11) is 2.41. The third-order valence-electron chi connectivity index (χ3n) is 5.89. The third-order valence-corrected chi connectivity index (χ3v) is 7.34. The zero-order valence-electron chi connectivity index (χ0n) is 16.0. The van der Waals surface area contributed by atoms with Crippen molar-refractivity contribution < 1.29 is 0 Å². The highest BCUT2D eigenvalue weighted by molar-refractivity contribution is 8.01. The highest BCUT2D eigenvalue weighted by atomic mass is 32.2. The molecule has 4 heteroatoms. The first-order valence-electron chi connectivity index (χ1n) is 9.75. The molecule has 0 atom stereocenters. The van der Waals surface area contributed by atoms with Gasteiger partial charge >= 0.3 is 0 Å². The van der Waals surface area contributed by atoms with Crippen LogP contribution in [0.5, 0.6) is 0 Å². The summed E-state index contributed by atoms with van der Waals surface area (Å²) in [4.78, 5) is 4.26. The monoisotopic (exact) mass is 344 g/mol. The average Bonchev–Trinajstić information content (AvgIpc) is 2.69.